The minimum Gasteiger partial charge on any atom is -0.457 e. The van der Waals surface area contributed by atoms with Crippen LogP contribution in [-0.4, -0.2) is 34.7 Å². The first-order valence-corrected chi connectivity index (χ1v) is 13.1. The van der Waals surface area contributed by atoms with Crippen molar-refractivity contribution >= 4 is 17.4 Å². The smallest absolute Gasteiger partial charge is 0.243 e. The Bertz CT molecular complexity index is 1350. The summed E-state index contributed by atoms with van der Waals surface area (Å²) in [5.74, 6) is 0.482. The van der Waals surface area contributed by atoms with Gasteiger partial charge < -0.3 is 15.8 Å². The van der Waals surface area contributed by atoms with Crippen LogP contribution in [0.5, 0.6) is 11.5 Å². The Morgan fingerprint density at radius 1 is 1.12 bits per heavy atom. The molecule has 2 aromatic carbocycles. The number of carbonyl (C=O) groups excluding carboxylic acids is 1. The molecule has 1 saturated carbocycles. The number of allylic oxidation sites excluding steroid dienone is 1. The number of nitrogens with two attached hydrogens (primary N) is 1. The first-order valence-electron chi connectivity index (χ1n) is 13.1. The second-order valence-electron chi connectivity index (χ2n) is 9.45. The van der Waals surface area contributed by atoms with Crippen molar-refractivity contribution in [2.24, 2.45) is 10.9 Å². The molecule has 3 N–H and O–H groups in total. The number of anilines is 1. The van der Waals surface area contributed by atoms with Crippen molar-refractivity contribution < 1.29 is 18.3 Å². The normalized spacial score (nSPS) is 16.8. The van der Waals surface area contributed by atoms with Gasteiger partial charge >= 0.3 is 0 Å². The molecule has 9 heteroatoms. The molecule has 7 nitrogen and oxygen atoms in total. The Morgan fingerprint density at radius 2 is 1.85 bits per heavy atom. The lowest BCUT2D eigenvalue weighted by atomic mass is 9.84. The first-order chi connectivity index (χ1) is 19.2. The van der Waals surface area contributed by atoms with Crippen molar-refractivity contribution in [2.45, 2.75) is 45.1 Å². The van der Waals surface area contributed by atoms with Gasteiger partial charge in [-0.25, -0.2) is 18.7 Å². The zero-order valence-corrected chi connectivity index (χ0v) is 22.9. The molecule has 0 unspecified atom stereocenters. The molecule has 1 fully saturated rings. The number of nitrogens with zero attached hydrogens (tertiary/aromatic N) is 3. The minimum absolute atomic E-state index is 0.0443. The van der Waals surface area contributed by atoms with Crippen LogP contribution in [0.15, 0.2) is 79.1 Å². The summed E-state index contributed by atoms with van der Waals surface area (Å²) in [6.45, 7) is 8.95. The number of carbonyl (C=O) groups is 1. The number of aromatic nitrogens is 2. The Balaban J connectivity index is 0.000000267. The number of aliphatic imine (C=N–C) groups is 1. The molecule has 0 saturated heterocycles. The molecule has 3 aromatic rings. The van der Waals surface area contributed by atoms with E-state index in [1.54, 1.807) is 19.1 Å². The van der Waals surface area contributed by atoms with Gasteiger partial charge in [0.25, 0.3) is 0 Å². The van der Waals surface area contributed by atoms with Crippen LogP contribution < -0.4 is 15.8 Å². The van der Waals surface area contributed by atoms with Crippen molar-refractivity contribution in [3.8, 4) is 11.5 Å². The maximum atomic E-state index is 14.7. The highest BCUT2D eigenvalue weighted by molar-refractivity contribution is 6.16. The molecule has 1 amide bonds. The van der Waals surface area contributed by atoms with Crippen molar-refractivity contribution in [1.29, 1.82) is 0 Å². The summed E-state index contributed by atoms with van der Waals surface area (Å²) < 4.78 is 33.4. The largest absolute Gasteiger partial charge is 0.457 e. The van der Waals surface area contributed by atoms with Crippen molar-refractivity contribution in [2.75, 3.05) is 12.8 Å². The number of halogens is 2. The Kier molecular flexibility index (Phi) is 11.1. The predicted octanol–water partition coefficient (Wildman–Crippen LogP) is 6.33. The van der Waals surface area contributed by atoms with Gasteiger partial charge in [0, 0.05) is 30.8 Å². The molecule has 1 aliphatic carbocycles. The number of rotatable bonds is 8. The van der Waals surface area contributed by atoms with Crippen LogP contribution >= 0.6 is 0 Å². The van der Waals surface area contributed by atoms with Crippen LogP contribution in [-0.2, 0) is 4.79 Å². The molecule has 1 heterocycles. The lowest BCUT2D eigenvalue weighted by Crippen LogP contribution is -2.36. The standard InChI is InChI=1S/C19H16F2N4O.C12H19NO/c1-11-17(19(22)25-10-24-11)18(23-2)15-7-6-14(9-16(15)21)26-13-5-3-4-12(20)8-13;1-3-5-10-6-8-11(9-7-10)13-12(14)4-2/h3-10H,1-2H3,(H2,22,24,25);3-4,10-11H,1-2,5-9H2,(H,13,14). The van der Waals surface area contributed by atoms with E-state index in [1.165, 1.54) is 62.6 Å². The molecule has 1 aliphatic rings. The van der Waals surface area contributed by atoms with Crippen LogP contribution in [0.2, 0.25) is 0 Å². The van der Waals surface area contributed by atoms with Gasteiger partial charge in [0.1, 0.15) is 35.3 Å². The van der Waals surface area contributed by atoms with E-state index < -0.39 is 11.6 Å². The van der Waals surface area contributed by atoms with Gasteiger partial charge in [-0.1, -0.05) is 18.7 Å². The van der Waals surface area contributed by atoms with Gasteiger partial charge in [-0.2, -0.15) is 0 Å². The molecule has 210 valence electrons. The summed E-state index contributed by atoms with van der Waals surface area (Å²) in [6, 6.07) is 10.3. The number of nitrogens with one attached hydrogen (secondary N) is 1. The highest BCUT2D eigenvalue weighted by Crippen LogP contribution is 2.28. The number of hydrogen-bond acceptors (Lipinski definition) is 6. The van der Waals surface area contributed by atoms with Gasteiger partial charge in [-0.3, -0.25) is 9.79 Å². The molecular weight excluding hydrogens is 512 g/mol. The van der Waals surface area contributed by atoms with Gasteiger partial charge in [0.2, 0.25) is 5.91 Å². The van der Waals surface area contributed by atoms with Gasteiger partial charge in [0.05, 0.1) is 17.0 Å². The molecule has 0 radical (unpaired) electrons. The van der Waals surface area contributed by atoms with E-state index in [2.05, 4.69) is 33.4 Å². The second kappa shape index (κ2) is 14.7. The highest BCUT2D eigenvalue weighted by atomic mass is 19.1. The van der Waals surface area contributed by atoms with Crippen molar-refractivity contribution in [3.05, 3.63) is 103 Å². The number of ether oxygens (including phenoxy) is 1. The third-order valence-corrected chi connectivity index (χ3v) is 6.63. The maximum Gasteiger partial charge on any atom is 0.243 e. The van der Waals surface area contributed by atoms with E-state index in [4.69, 9.17) is 10.5 Å². The van der Waals surface area contributed by atoms with E-state index in [1.807, 2.05) is 6.08 Å². The van der Waals surface area contributed by atoms with E-state index in [0.717, 1.165) is 25.2 Å². The van der Waals surface area contributed by atoms with Gasteiger partial charge in [-0.05, 0) is 75.3 Å². The average molecular weight is 548 g/mol. The fraction of sp³-hybridized carbons (Fsp3) is 0.290. The van der Waals surface area contributed by atoms with Crippen LogP contribution in [0, 0.1) is 24.5 Å². The summed E-state index contributed by atoms with van der Waals surface area (Å²) in [7, 11) is 1.54. The second-order valence-corrected chi connectivity index (χ2v) is 9.45. The lowest BCUT2D eigenvalue weighted by Gasteiger charge is -2.28. The monoisotopic (exact) mass is 547 g/mol. The number of hydrogen-bond donors (Lipinski definition) is 2. The summed E-state index contributed by atoms with van der Waals surface area (Å²) in [4.78, 5) is 23.2. The molecule has 0 atom stereocenters. The molecule has 4 rings (SSSR count). The molecule has 0 bridgehead atoms. The van der Waals surface area contributed by atoms with Gasteiger partial charge in [-0.15, -0.1) is 6.58 Å². The minimum atomic E-state index is -0.554. The van der Waals surface area contributed by atoms with E-state index >= 15 is 0 Å². The number of amides is 1. The number of benzene rings is 2. The van der Waals surface area contributed by atoms with Crippen molar-refractivity contribution in [3.63, 3.8) is 0 Å². The molecule has 0 aliphatic heterocycles. The summed E-state index contributed by atoms with van der Waals surface area (Å²) in [5, 5.41) is 2.95. The fourth-order valence-corrected chi connectivity index (χ4v) is 4.61. The van der Waals surface area contributed by atoms with E-state index in [0.29, 0.717) is 23.0 Å². The summed E-state index contributed by atoms with van der Waals surface area (Å²) >= 11 is 0. The molecule has 40 heavy (non-hydrogen) atoms. The quantitative estimate of drug-likeness (QED) is 0.195. The molecule has 0 spiro atoms. The zero-order valence-electron chi connectivity index (χ0n) is 22.9. The van der Waals surface area contributed by atoms with Crippen LogP contribution in [0.1, 0.15) is 48.9 Å². The summed E-state index contributed by atoms with van der Waals surface area (Å²) in [6.07, 6.45) is 10.4. The lowest BCUT2D eigenvalue weighted by molar-refractivity contribution is -0.117. The fourth-order valence-electron chi connectivity index (χ4n) is 4.61. The Morgan fingerprint density at radius 3 is 2.45 bits per heavy atom. The first kappa shape index (κ1) is 30.1. The van der Waals surface area contributed by atoms with Crippen LogP contribution in [0.3, 0.4) is 0 Å². The average Bonchev–Trinajstić information content (AvgIpc) is 2.93. The highest BCUT2D eigenvalue weighted by Gasteiger charge is 2.21. The number of nitrogen functional groups attached to an aromatic ring is 1. The zero-order chi connectivity index (χ0) is 29.1. The maximum absolute atomic E-state index is 14.7. The molecular formula is C31H35F2N5O2. The Labute approximate surface area is 233 Å². The van der Waals surface area contributed by atoms with Crippen LogP contribution in [0.4, 0.5) is 14.6 Å². The van der Waals surface area contributed by atoms with Gasteiger partial charge in [0.15, 0.2) is 0 Å². The third-order valence-electron chi connectivity index (χ3n) is 6.63. The van der Waals surface area contributed by atoms with Crippen molar-refractivity contribution in [1.82, 2.24) is 15.3 Å². The van der Waals surface area contributed by atoms with E-state index in [9.17, 15) is 13.6 Å². The Hall–Kier alpha value is -4.40. The predicted molar refractivity (Wildman–Crippen MR) is 155 cm³/mol. The SMILES string of the molecule is C=CCC1CCC(NC(=O)C=C)CC1.CN=C(c1ccc(Oc2cccc(F)c2)cc1F)c1c(C)ncnc1N. The number of aryl methyl sites for hydroxylation is 1. The van der Waals surface area contributed by atoms with E-state index in [-0.39, 0.29) is 28.8 Å². The summed E-state index contributed by atoms with van der Waals surface area (Å²) in [5.41, 5.74) is 7.57. The third kappa shape index (κ3) is 8.30. The topological polar surface area (TPSA) is 102 Å². The van der Waals surface area contributed by atoms with Crippen LogP contribution in [0.25, 0.3) is 0 Å². The molecule has 1 aromatic heterocycles.